The van der Waals surface area contributed by atoms with Crippen molar-refractivity contribution in [3.8, 4) is 0 Å². The van der Waals surface area contributed by atoms with Crippen LogP contribution in [0.3, 0.4) is 0 Å². The number of aliphatic hydroxyl groups excluding tert-OH is 3. The second-order valence-corrected chi connectivity index (χ2v) is 2.51. The molecule has 0 aliphatic carbocycles. The molecule has 0 aromatic rings. The van der Waals surface area contributed by atoms with Crippen LogP contribution in [0, 0.1) is 0 Å². The number of rotatable bonds is 1. The van der Waals surface area contributed by atoms with Gasteiger partial charge in [-0.3, -0.25) is 0 Å². The third-order valence-electron chi connectivity index (χ3n) is 1.63. The lowest BCUT2D eigenvalue weighted by Crippen LogP contribution is -2.42. The van der Waals surface area contributed by atoms with Crippen LogP contribution in [0.25, 0.3) is 0 Å². The molecule has 2 unspecified atom stereocenters. The van der Waals surface area contributed by atoms with E-state index in [2.05, 4.69) is 0 Å². The number of hydrogen-bond donors (Lipinski definition) is 3. The Bertz CT molecular complexity index is 106. The van der Waals surface area contributed by atoms with Crippen molar-refractivity contribution in [3.05, 3.63) is 0 Å². The van der Waals surface area contributed by atoms with Gasteiger partial charge < -0.3 is 20.1 Å². The van der Waals surface area contributed by atoms with E-state index in [1.54, 1.807) is 0 Å². The summed E-state index contributed by atoms with van der Waals surface area (Å²) in [5.41, 5.74) is 0. The first kappa shape index (κ1) is 7.94. The van der Waals surface area contributed by atoms with Gasteiger partial charge in [-0.1, -0.05) is 0 Å². The second kappa shape index (κ2) is 3.30. The maximum Gasteiger partial charge on any atom is 0.107 e. The van der Waals surface area contributed by atoms with Gasteiger partial charge >= 0.3 is 0 Å². The van der Waals surface area contributed by atoms with Crippen molar-refractivity contribution < 1.29 is 20.1 Å². The normalized spacial score (nSPS) is 41.7. The molecule has 1 rings (SSSR count). The van der Waals surface area contributed by atoms with Gasteiger partial charge in [0.25, 0.3) is 0 Å². The Kier molecular flexibility index (Phi) is 2.62. The van der Waals surface area contributed by atoms with Gasteiger partial charge in [-0.25, -0.2) is 0 Å². The Labute approximate surface area is 59.1 Å². The molecular formula is C6H12O4. The molecule has 1 aliphatic rings. The van der Waals surface area contributed by atoms with Crippen LogP contribution in [0.4, 0.5) is 0 Å². The average Bonchev–Trinajstić information content (AvgIpc) is 1.88. The predicted octanol–water partition coefficient (Wildman–Crippen LogP) is -1.51. The minimum atomic E-state index is -0.728. The highest BCUT2D eigenvalue weighted by Gasteiger charge is 2.27. The Morgan fingerprint density at radius 2 is 2.10 bits per heavy atom. The van der Waals surface area contributed by atoms with Crippen molar-refractivity contribution in [1.82, 2.24) is 0 Å². The van der Waals surface area contributed by atoms with Gasteiger partial charge in [-0.2, -0.15) is 0 Å². The highest BCUT2D eigenvalue weighted by Crippen LogP contribution is 2.13. The zero-order chi connectivity index (χ0) is 7.56. The summed E-state index contributed by atoms with van der Waals surface area (Å²) in [6, 6.07) is 0. The van der Waals surface area contributed by atoms with Crippen molar-refractivity contribution in [2.24, 2.45) is 0 Å². The summed E-state index contributed by atoms with van der Waals surface area (Å²) in [5.74, 6) is 0. The first-order valence-electron chi connectivity index (χ1n) is 3.32. The van der Waals surface area contributed by atoms with Gasteiger partial charge in [0.05, 0.1) is 25.4 Å². The molecule has 0 bridgehead atoms. The number of hydrogen-bond acceptors (Lipinski definition) is 4. The van der Waals surface area contributed by atoms with Crippen molar-refractivity contribution >= 4 is 0 Å². The van der Waals surface area contributed by atoms with E-state index >= 15 is 0 Å². The van der Waals surface area contributed by atoms with Crippen LogP contribution in [0.1, 0.15) is 6.42 Å². The van der Waals surface area contributed by atoms with E-state index in [1.807, 2.05) is 0 Å². The quantitative estimate of drug-likeness (QED) is 0.423. The minimum absolute atomic E-state index is 0.187. The van der Waals surface area contributed by atoms with Crippen LogP contribution < -0.4 is 0 Å². The molecule has 0 aromatic heterocycles. The Hall–Kier alpha value is -0.160. The standard InChI is InChI=1S/C6H12O4/c7-2-6-5(9)1-4(8)3-10-6/h4-9H,1-3H2/t4?,5?,6-/m1/s1. The summed E-state index contributed by atoms with van der Waals surface area (Å²) in [6.45, 7) is 0.0240. The largest absolute Gasteiger partial charge is 0.394 e. The van der Waals surface area contributed by atoms with E-state index in [0.29, 0.717) is 6.42 Å². The molecule has 60 valence electrons. The molecule has 3 N–H and O–H groups in total. The summed E-state index contributed by atoms with van der Waals surface area (Å²) in [5, 5.41) is 26.6. The van der Waals surface area contributed by atoms with Gasteiger partial charge in [0.2, 0.25) is 0 Å². The van der Waals surface area contributed by atoms with Crippen molar-refractivity contribution in [2.75, 3.05) is 13.2 Å². The second-order valence-electron chi connectivity index (χ2n) is 2.51. The molecule has 4 heteroatoms. The lowest BCUT2D eigenvalue weighted by Gasteiger charge is -2.29. The van der Waals surface area contributed by atoms with Crippen LogP contribution >= 0.6 is 0 Å². The fraction of sp³-hybridized carbons (Fsp3) is 1.00. The third kappa shape index (κ3) is 1.67. The number of aliphatic hydroxyl groups is 3. The van der Waals surface area contributed by atoms with E-state index < -0.39 is 18.3 Å². The van der Waals surface area contributed by atoms with Crippen LogP contribution in [0.2, 0.25) is 0 Å². The fourth-order valence-corrected chi connectivity index (χ4v) is 1.02. The maximum absolute atomic E-state index is 9.09. The Balaban J connectivity index is 2.36. The molecule has 10 heavy (non-hydrogen) atoms. The molecular weight excluding hydrogens is 136 g/mol. The summed E-state index contributed by atoms with van der Waals surface area (Å²) < 4.78 is 4.90. The number of ether oxygens (including phenoxy) is 1. The van der Waals surface area contributed by atoms with Crippen LogP contribution in [0.5, 0.6) is 0 Å². The molecule has 0 aromatic carbocycles. The van der Waals surface area contributed by atoms with Gasteiger partial charge in [-0.05, 0) is 0 Å². The summed E-state index contributed by atoms with van der Waals surface area (Å²) in [4.78, 5) is 0. The minimum Gasteiger partial charge on any atom is -0.394 e. The smallest absolute Gasteiger partial charge is 0.107 e. The van der Waals surface area contributed by atoms with Crippen LogP contribution in [-0.4, -0.2) is 46.8 Å². The van der Waals surface area contributed by atoms with Gasteiger partial charge in [-0.15, -0.1) is 0 Å². The van der Waals surface area contributed by atoms with Crippen LogP contribution in [0.15, 0.2) is 0 Å². The molecule has 1 heterocycles. The molecule has 0 amide bonds. The predicted molar refractivity (Wildman–Crippen MR) is 33.5 cm³/mol. The van der Waals surface area contributed by atoms with E-state index in [9.17, 15) is 0 Å². The van der Waals surface area contributed by atoms with Crippen molar-refractivity contribution in [3.63, 3.8) is 0 Å². The first-order valence-corrected chi connectivity index (χ1v) is 3.32. The third-order valence-corrected chi connectivity index (χ3v) is 1.63. The Morgan fingerprint density at radius 3 is 2.60 bits per heavy atom. The van der Waals surface area contributed by atoms with E-state index in [0.717, 1.165) is 0 Å². The summed E-state index contributed by atoms with van der Waals surface area (Å²) >= 11 is 0. The molecule has 0 radical (unpaired) electrons. The first-order chi connectivity index (χ1) is 4.74. The molecule has 1 saturated heterocycles. The average molecular weight is 148 g/mol. The van der Waals surface area contributed by atoms with E-state index in [4.69, 9.17) is 20.1 Å². The monoisotopic (exact) mass is 148 g/mol. The summed E-state index contributed by atoms with van der Waals surface area (Å²) in [6.07, 6.45) is -1.53. The van der Waals surface area contributed by atoms with Crippen molar-refractivity contribution in [1.29, 1.82) is 0 Å². The van der Waals surface area contributed by atoms with Crippen molar-refractivity contribution in [2.45, 2.75) is 24.7 Å². The Morgan fingerprint density at radius 1 is 1.40 bits per heavy atom. The van der Waals surface area contributed by atoms with E-state index in [-0.39, 0.29) is 13.2 Å². The zero-order valence-corrected chi connectivity index (χ0v) is 5.60. The highest BCUT2D eigenvalue weighted by atomic mass is 16.5. The van der Waals surface area contributed by atoms with Gasteiger partial charge in [0.1, 0.15) is 6.10 Å². The van der Waals surface area contributed by atoms with Gasteiger partial charge in [0.15, 0.2) is 0 Å². The SMILES string of the molecule is OC[C@H]1OCC(O)CC1O. The van der Waals surface area contributed by atoms with Gasteiger partial charge in [0, 0.05) is 6.42 Å². The van der Waals surface area contributed by atoms with E-state index in [1.165, 1.54) is 0 Å². The fourth-order valence-electron chi connectivity index (χ4n) is 1.02. The molecule has 0 spiro atoms. The highest BCUT2D eigenvalue weighted by molar-refractivity contribution is 4.76. The lowest BCUT2D eigenvalue weighted by atomic mass is 10.0. The topological polar surface area (TPSA) is 69.9 Å². The molecule has 1 fully saturated rings. The van der Waals surface area contributed by atoms with Crippen LogP contribution in [-0.2, 0) is 4.74 Å². The molecule has 3 atom stereocenters. The maximum atomic E-state index is 9.09. The summed E-state index contributed by atoms with van der Waals surface area (Å²) in [7, 11) is 0. The lowest BCUT2D eigenvalue weighted by molar-refractivity contribution is -0.136. The molecule has 0 saturated carbocycles. The molecule has 4 nitrogen and oxygen atoms in total. The molecule has 1 aliphatic heterocycles. The zero-order valence-electron chi connectivity index (χ0n) is 5.60.